The van der Waals surface area contributed by atoms with Crippen LogP contribution in [0.25, 0.3) is 0 Å². The number of ketones is 1. The molecular formula is C29H31F3N2O4. The number of carbonyl (C=O) groups excluding carboxylic acids is 2. The van der Waals surface area contributed by atoms with Gasteiger partial charge in [-0.3, -0.25) is 9.59 Å². The number of halogens is 3. The molecule has 2 heterocycles. The van der Waals surface area contributed by atoms with Crippen LogP contribution in [-0.4, -0.2) is 48.1 Å². The average Bonchev–Trinajstić information content (AvgIpc) is 3.33. The molecule has 0 aromatic heterocycles. The van der Waals surface area contributed by atoms with E-state index in [1.54, 1.807) is 6.08 Å². The van der Waals surface area contributed by atoms with Gasteiger partial charge >= 0.3 is 12.1 Å². The first-order valence-electron chi connectivity index (χ1n) is 12.8. The summed E-state index contributed by atoms with van der Waals surface area (Å²) in [6, 6.07) is 18.5. The second-order valence-corrected chi connectivity index (χ2v) is 10.0. The number of nitrogens with one attached hydrogen (secondary N) is 1. The van der Waals surface area contributed by atoms with Gasteiger partial charge in [0, 0.05) is 18.7 Å². The molecule has 2 aliphatic heterocycles. The van der Waals surface area contributed by atoms with Crippen LogP contribution in [0.5, 0.6) is 0 Å². The summed E-state index contributed by atoms with van der Waals surface area (Å²) in [4.78, 5) is 36.7. The largest absolute Gasteiger partial charge is 0.490 e. The Hall–Kier alpha value is -3.46. The summed E-state index contributed by atoms with van der Waals surface area (Å²) in [6.07, 6.45) is 3.00. The van der Waals surface area contributed by atoms with Crippen LogP contribution in [0.3, 0.4) is 0 Å². The Bertz CT molecular complexity index is 1180. The molecule has 4 atom stereocenters. The van der Waals surface area contributed by atoms with E-state index in [9.17, 15) is 22.8 Å². The Morgan fingerprint density at radius 2 is 1.76 bits per heavy atom. The van der Waals surface area contributed by atoms with Gasteiger partial charge in [0.1, 0.15) is 0 Å². The van der Waals surface area contributed by atoms with Gasteiger partial charge in [0.15, 0.2) is 5.78 Å². The number of anilines is 1. The predicted molar refractivity (Wildman–Crippen MR) is 137 cm³/mol. The standard InChI is InChI=1S/C27H30N2O2.C2HF3O2/c30-25(27-23-17-22(23)18-28-27)16-20(11-10-19-6-2-1-3-7-19)12-13-26(31)29-15-14-21-8-4-5-9-24(21)29;3-2(4,5)1(6)7/h1-9,12-13,20,22-23,27-28H,10-11,14-18H2;(H,6,7)/b13-12+;/t20-,22-,23-,27-;/m0./s1. The highest BCUT2D eigenvalue weighted by Gasteiger charge is 2.50. The number of hydrogen-bond acceptors (Lipinski definition) is 4. The van der Waals surface area contributed by atoms with Crippen LogP contribution in [0, 0.1) is 17.8 Å². The fraction of sp³-hybridized carbons (Fsp3) is 0.414. The number of Topliss-reactive ketones (excluding diaryl/α,β-unsaturated/α-hetero) is 1. The minimum Gasteiger partial charge on any atom is -0.475 e. The number of hydrogen-bond donors (Lipinski definition) is 2. The van der Waals surface area contributed by atoms with Crippen molar-refractivity contribution >= 4 is 23.3 Å². The van der Waals surface area contributed by atoms with Gasteiger partial charge in [0.05, 0.1) is 6.04 Å². The summed E-state index contributed by atoms with van der Waals surface area (Å²) >= 11 is 0. The fourth-order valence-corrected chi connectivity index (χ4v) is 5.22. The number of para-hydroxylation sites is 1. The highest BCUT2D eigenvalue weighted by Crippen LogP contribution is 2.45. The number of carbonyl (C=O) groups is 3. The number of carboxylic acids is 1. The molecule has 2 fully saturated rings. The van der Waals surface area contributed by atoms with Crippen LogP contribution >= 0.6 is 0 Å². The third kappa shape index (κ3) is 7.10. The minimum absolute atomic E-state index is 0.0170. The fourth-order valence-electron chi connectivity index (χ4n) is 5.22. The van der Waals surface area contributed by atoms with Gasteiger partial charge in [0.2, 0.25) is 0 Å². The van der Waals surface area contributed by atoms with Gasteiger partial charge in [-0.15, -0.1) is 0 Å². The van der Waals surface area contributed by atoms with Crippen molar-refractivity contribution in [2.45, 2.75) is 44.3 Å². The van der Waals surface area contributed by atoms with Gasteiger partial charge in [-0.2, -0.15) is 13.2 Å². The molecule has 2 aromatic carbocycles. The number of piperidine rings is 1. The van der Waals surface area contributed by atoms with E-state index in [-0.39, 0.29) is 17.9 Å². The summed E-state index contributed by atoms with van der Waals surface area (Å²) in [7, 11) is 0. The molecule has 0 bridgehead atoms. The second kappa shape index (κ2) is 11.9. The maximum absolute atomic E-state index is 13.0. The molecule has 1 amide bonds. The average molecular weight is 529 g/mol. The molecular weight excluding hydrogens is 497 g/mol. The van der Waals surface area contributed by atoms with E-state index in [1.165, 1.54) is 17.5 Å². The van der Waals surface area contributed by atoms with Gasteiger partial charge in [-0.05, 0) is 73.3 Å². The lowest BCUT2D eigenvalue weighted by Crippen LogP contribution is -2.35. The van der Waals surface area contributed by atoms with Crippen molar-refractivity contribution in [1.82, 2.24) is 5.32 Å². The Kier molecular flexibility index (Phi) is 8.66. The molecule has 6 nitrogen and oxygen atoms in total. The van der Waals surface area contributed by atoms with E-state index in [0.717, 1.165) is 38.0 Å². The van der Waals surface area contributed by atoms with Crippen molar-refractivity contribution in [3.63, 3.8) is 0 Å². The van der Waals surface area contributed by atoms with Gasteiger partial charge in [-0.25, -0.2) is 4.79 Å². The first kappa shape index (κ1) is 27.6. The first-order valence-corrected chi connectivity index (χ1v) is 12.8. The third-order valence-corrected chi connectivity index (χ3v) is 7.37. The summed E-state index contributed by atoms with van der Waals surface area (Å²) in [5.41, 5.74) is 3.52. The van der Waals surface area contributed by atoms with E-state index in [0.29, 0.717) is 24.0 Å². The third-order valence-electron chi connectivity index (χ3n) is 7.37. The van der Waals surface area contributed by atoms with Crippen LogP contribution in [0.15, 0.2) is 66.7 Å². The molecule has 2 aromatic rings. The van der Waals surface area contributed by atoms with Crippen molar-refractivity contribution in [3.05, 3.63) is 77.9 Å². The zero-order valence-corrected chi connectivity index (χ0v) is 20.9. The number of amides is 1. The molecule has 1 aliphatic carbocycles. The normalized spacial score (nSPS) is 22.3. The topological polar surface area (TPSA) is 86.7 Å². The molecule has 2 N–H and O–H groups in total. The van der Waals surface area contributed by atoms with Crippen LogP contribution < -0.4 is 10.2 Å². The Balaban J connectivity index is 0.000000426. The Morgan fingerprint density at radius 1 is 1.08 bits per heavy atom. The summed E-state index contributed by atoms with van der Waals surface area (Å²) in [5.74, 6) is -1.09. The van der Waals surface area contributed by atoms with E-state index in [1.807, 2.05) is 35.2 Å². The van der Waals surface area contributed by atoms with E-state index in [2.05, 4.69) is 35.6 Å². The highest BCUT2D eigenvalue weighted by atomic mass is 19.4. The number of aliphatic carboxylic acids is 1. The molecule has 1 saturated heterocycles. The second-order valence-electron chi connectivity index (χ2n) is 10.0. The molecule has 9 heteroatoms. The number of aryl methyl sites for hydroxylation is 1. The van der Waals surface area contributed by atoms with Crippen molar-refractivity contribution < 1.29 is 32.7 Å². The Morgan fingerprint density at radius 3 is 2.39 bits per heavy atom. The highest BCUT2D eigenvalue weighted by molar-refractivity contribution is 6.03. The van der Waals surface area contributed by atoms with Gasteiger partial charge in [-0.1, -0.05) is 54.6 Å². The summed E-state index contributed by atoms with van der Waals surface area (Å²) in [6.45, 7) is 1.71. The van der Waals surface area contributed by atoms with Crippen LogP contribution in [0.2, 0.25) is 0 Å². The number of benzene rings is 2. The maximum Gasteiger partial charge on any atom is 0.490 e. The number of allylic oxidation sites excluding steroid dienone is 1. The molecule has 0 radical (unpaired) electrons. The lowest BCUT2D eigenvalue weighted by atomic mass is 9.91. The molecule has 0 unspecified atom stereocenters. The minimum atomic E-state index is -5.08. The van der Waals surface area contributed by atoms with Gasteiger partial charge in [0.25, 0.3) is 5.91 Å². The van der Waals surface area contributed by atoms with Gasteiger partial charge < -0.3 is 15.3 Å². The number of alkyl halides is 3. The quantitative estimate of drug-likeness (QED) is 0.490. The molecule has 0 spiro atoms. The molecule has 1 saturated carbocycles. The molecule has 202 valence electrons. The lowest BCUT2D eigenvalue weighted by molar-refractivity contribution is -0.192. The van der Waals surface area contributed by atoms with Crippen molar-refractivity contribution in [2.24, 2.45) is 17.8 Å². The van der Waals surface area contributed by atoms with Crippen molar-refractivity contribution in [1.29, 1.82) is 0 Å². The van der Waals surface area contributed by atoms with Crippen LogP contribution in [0.4, 0.5) is 18.9 Å². The smallest absolute Gasteiger partial charge is 0.475 e. The van der Waals surface area contributed by atoms with E-state index in [4.69, 9.17) is 9.90 Å². The first-order chi connectivity index (χ1) is 18.1. The number of rotatable bonds is 8. The molecule has 38 heavy (non-hydrogen) atoms. The molecule has 3 aliphatic rings. The number of nitrogens with zero attached hydrogens (tertiary/aromatic N) is 1. The monoisotopic (exact) mass is 528 g/mol. The summed E-state index contributed by atoms with van der Waals surface area (Å²) in [5, 5.41) is 10.5. The zero-order chi connectivity index (χ0) is 27.3. The Labute approximate surface area is 219 Å². The van der Waals surface area contributed by atoms with E-state index < -0.39 is 12.1 Å². The number of carboxylic acid groups (broad SMARTS) is 1. The zero-order valence-electron chi connectivity index (χ0n) is 20.9. The predicted octanol–water partition coefficient (Wildman–Crippen LogP) is 4.58. The van der Waals surface area contributed by atoms with E-state index >= 15 is 0 Å². The summed E-state index contributed by atoms with van der Waals surface area (Å²) < 4.78 is 31.7. The molecule has 5 rings (SSSR count). The number of fused-ring (bicyclic) bond motifs is 2. The van der Waals surface area contributed by atoms with Crippen molar-refractivity contribution in [3.8, 4) is 0 Å². The lowest BCUT2D eigenvalue weighted by Gasteiger charge is -2.18. The van der Waals surface area contributed by atoms with Crippen molar-refractivity contribution in [2.75, 3.05) is 18.0 Å². The van der Waals surface area contributed by atoms with Crippen LogP contribution in [-0.2, 0) is 27.2 Å². The SMILES string of the molecule is O=C(C[C@H](/C=C/C(=O)N1CCc2ccccc21)CCc1ccccc1)[C@H]1NC[C@@H]2C[C@@H]21.O=C(O)C(F)(F)F. The van der Waals surface area contributed by atoms with Crippen LogP contribution in [0.1, 0.15) is 30.4 Å². The maximum atomic E-state index is 13.0.